The smallest absolute Gasteiger partial charge is 0.274 e. The second kappa shape index (κ2) is 5.06. The van der Waals surface area contributed by atoms with E-state index < -0.39 is 22.5 Å². The number of hydrogen-bond acceptors (Lipinski definition) is 4. The minimum atomic E-state index is -1.02. The molecule has 111 valence electrons. The molecule has 3 rings (SSSR count). The van der Waals surface area contributed by atoms with Crippen molar-refractivity contribution >= 4 is 17.3 Å². The van der Waals surface area contributed by atoms with E-state index in [0.717, 1.165) is 18.2 Å². The Balaban J connectivity index is 2.04. The van der Waals surface area contributed by atoms with Gasteiger partial charge in [-0.1, -0.05) is 6.07 Å². The van der Waals surface area contributed by atoms with Gasteiger partial charge >= 0.3 is 0 Å². The third-order valence-electron chi connectivity index (χ3n) is 3.30. The van der Waals surface area contributed by atoms with Crippen LogP contribution in [0.3, 0.4) is 0 Å². The fourth-order valence-corrected chi connectivity index (χ4v) is 2.25. The first-order chi connectivity index (χ1) is 10.5. The second-order valence-electron chi connectivity index (χ2n) is 4.74. The molecular formula is C14H8F2N3O3. The number of carbonyl (C=O) groups excluding carboxylic acids is 1. The van der Waals surface area contributed by atoms with Gasteiger partial charge in [0.15, 0.2) is 11.6 Å². The predicted molar refractivity (Wildman–Crippen MR) is 72.3 cm³/mol. The van der Waals surface area contributed by atoms with Crippen LogP contribution in [0.4, 0.5) is 20.2 Å². The van der Waals surface area contributed by atoms with Crippen molar-refractivity contribution in [3.63, 3.8) is 0 Å². The molecular weight excluding hydrogens is 296 g/mol. The Morgan fingerprint density at radius 2 is 1.95 bits per heavy atom. The molecule has 0 atom stereocenters. The summed E-state index contributed by atoms with van der Waals surface area (Å²) in [5, 5.41) is 11.1. The lowest BCUT2D eigenvalue weighted by Crippen LogP contribution is -2.10. The van der Waals surface area contributed by atoms with Gasteiger partial charge in [-0.3, -0.25) is 20.3 Å². The lowest BCUT2D eigenvalue weighted by atomic mass is 10.00. The van der Waals surface area contributed by atoms with Gasteiger partial charge < -0.3 is 0 Å². The van der Waals surface area contributed by atoms with Crippen molar-refractivity contribution in [1.29, 1.82) is 0 Å². The maximum atomic E-state index is 13.2. The molecule has 0 saturated carbocycles. The Kier molecular flexibility index (Phi) is 3.21. The summed E-state index contributed by atoms with van der Waals surface area (Å²) in [5.74, 6) is -2.60. The normalized spacial score (nSPS) is 12.5. The molecule has 0 saturated heterocycles. The summed E-state index contributed by atoms with van der Waals surface area (Å²) in [4.78, 5) is 22.0. The SMILES string of the molecule is O=C1[N]Nc2cc(Cc3ccc(F)c(F)c3)c([N+](=O)[O-])cc21. The summed E-state index contributed by atoms with van der Waals surface area (Å²) >= 11 is 0. The molecule has 8 heteroatoms. The Morgan fingerprint density at radius 3 is 2.64 bits per heavy atom. The quantitative estimate of drug-likeness (QED) is 0.697. The Hall–Kier alpha value is -3.03. The lowest BCUT2D eigenvalue weighted by Gasteiger charge is -2.06. The van der Waals surface area contributed by atoms with Crippen molar-refractivity contribution in [3.8, 4) is 0 Å². The maximum absolute atomic E-state index is 13.2. The van der Waals surface area contributed by atoms with E-state index in [1.165, 1.54) is 12.1 Å². The molecule has 1 N–H and O–H groups in total. The van der Waals surface area contributed by atoms with Gasteiger partial charge in [0.1, 0.15) is 0 Å². The average Bonchev–Trinajstić information content (AvgIpc) is 2.83. The molecule has 1 amide bonds. The van der Waals surface area contributed by atoms with Gasteiger partial charge in [-0.25, -0.2) is 8.78 Å². The van der Waals surface area contributed by atoms with Crippen LogP contribution in [0.25, 0.3) is 0 Å². The molecule has 0 spiro atoms. The fourth-order valence-electron chi connectivity index (χ4n) is 2.25. The van der Waals surface area contributed by atoms with E-state index in [1.807, 2.05) is 0 Å². The first kappa shape index (κ1) is 13.9. The molecule has 2 aromatic carbocycles. The summed E-state index contributed by atoms with van der Waals surface area (Å²) in [6.07, 6.45) is 0.0245. The van der Waals surface area contributed by atoms with Gasteiger partial charge in [0.2, 0.25) is 0 Å². The summed E-state index contributed by atoms with van der Waals surface area (Å²) in [6, 6.07) is 5.84. The van der Waals surface area contributed by atoms with Crippen molar-refractivity contribution in [2.75, 3.05) is 5.43 Å². The number of amides is 1. The van der Waals surface area contributed by atoms with Crippen molar-refractivity contribution in [2.24, 2.45) is 0 Å². The van der Waals surface area contributed by atoms with E-state index in [9.17, 15) is 23.7 Å². The third kappa shape index (κ3) is 2.34. The van der Waals surface area contributed by atoms with E-state index in [1.54, 1.807) is 0 Å². The molecule has 1 heterocycles. The third-order valence-corrected chi connectivity index (χ3v) is 3.30. The highest BCUT2D eigenvalue weighted by Crippen LogP contribution is 2.31. The Labute approximate surface area is 122 Å². The topological polar surface area (TPSA) is 86.3 Å². The second-order valence-corrected chi connectivity index (χ2v) is 4.74. The minimum Gasteiger partial charge on any atom is -0.274 e. The largest absolute Gasteiger partial charge is 0.295 e. The molecule has 0 aromatic heterocycles. The summed E-state index contributed by atoms with van der Waals surface area (Å²) in [6.45, 7) is 0. The van der Waals surface area contributed by atoms with E-state index in [2.05, 4.69) is 10.9 Å². The molecule has 0 fully saturated rings. The molecule has 22 heavy (non-hydrogen) atoms. The molecule has 0 aliphatic carbocycles. The van der Waals surface area contributed by atoms with Crippen LogP contribution in [-0.2, 0) is 6.42 Å². The number of halogens is 2. The molecule has 1 aliphatic rings. The predicted octanol–water partition coefficient (Wildman–Crippen LogP) is 2.55. The highest BCUT2D eigenvalue weighted by atomic mass is 19.2. The molecule has 1 radical (unpaired) electrons. The number of carbonyl (C=O) groups is 1. The molecule has 0 unspecified atom stereocenters. The number of nitro benzene ring substituents is 1. The number of nitro groups is 1. The van der Waals surface area contributed by atoms with Crippen LogP contribution >= 0.6 is 0 Å². The number of rotatable bonds is 3. The maximum Gasteiger partial charge on any atom is 0.295 e. The van der Waals surface area contributed by atoms with Crippen LogP contribution in [-0.4, -0.2) is 10.8 Å². The van der Waals surface area contributed by atoms with Gasteiger partial charge in [0, 0.05) is 18.1 Å². The number of hydrogen-bond donors (Lipinski definition) is 1. The van der Waals surface area contributed by atoms with Crippen molar-refractivity contribution in [1.82, 2.24) is 5.43 Å². The van der Waals surface area contributed by atoms with Gasteiger partial charge in [-0.05, 0) is 23.8 Å². The first-order valence-corrected chi connectivity index (χ1v) is 6.22. The van der Waals surface area contributed by atoms with Crippen LogP contribution in [0, 0.1) is 21.7 Å². The van der Waals surface area contributed by atoms with Crippen LogP contribution in [0.1, 0.15) is 21.5 Å². The summed E-state index contributed by atoms with van der Waals surface area (Å²) in [5.41, 5.74) is 6.79. The highest BCUT2D eigenvalue weighted by molar-refractivity contribution is 6.04. The zero-order valence-corrected chi connectivity index (χ0v) is 11.0. The molecule has 1 aliphatic heterocycles. The van der Waals surface area contributed by atoms with Crippen LogP contribution in [0.15, 0.2) is 30.3 Å². The van der Waals surface area contributed by atoms with Crippen LogP contribution in [0.5, 0.6) is 0 Å². The molecule has 0 bridgehead atoms. The number of fused-ring (bicyclic) bond motifs is 1. The van der Waals surface area contributed by atoms with Crippen molar-refractivity contribution in [3.05, 3.63) is 68.8 Å². The Morgan fingerprint density at radius 1 is 1.18 bits per heavy atom. The van der Waals surface area contributed by atoms with Gasteiger partial charge in [0.25, 0.3) is 11.6 Å². The zero-order valence-electron chi connectivity index (χ0n) is 11.0. The zero-order chi connectivity index (χ0) is 15.9. The van der Waals surface area contributed by atoms with Gasteiger partial charge in [-0.15, -0.1) is 5.43 Å². The highest BCUT2D eigenvalue weighted by Gasteiger charge is 2.27. The Bertz CT molecular complexity index is 808. The molecule has 6 nitrogen and oxygen atoms in total. The van der Waals surface area contributed by atoms with Crippen LogP contribution in [0.2, 0.25) is 0 Å². The number of benzene rings is 2. The van der Waals surface area contributed by atoms with E-state index in [-0.39, 0.29) is 23.2 Å². The standard InChI is InChI=1S/C14H8F2N3O3/c15-10-2-1-7(4-11(10)16)3-8-5-12-9(14(20)18-17-12)6-13(8)19(21)22/h1-2,4-6,17H,3H2. The van der Waals surface area contributed by atoms with Crippen molar-refractivity contribution < 1.29 is 18.5 Å². The van der Waals surface area contributed by atoms with E-state index in [4.69, 9.17) is 0 Å². The van der Waals surface area contributed by atoms with Crippen molar-refractivity contribution in [2.45, 2.75) is 6.42 Å². The van der Waals surface area contributed by atoms with Gasteiger partial charge in [-0.2, -0.15) is 0 Å². The number of nitrogens with zero attached hydrogens (tertiary/aromatic N) is 2. The lowest BCUT2D eigenvalue weighted by molar-refractivity contribution is -0.385. The fraction of sp³-hybridized carbons (Fsp3) is 0.0714. The van der Waals surface area contributed by atoms with Crippen LogP contribution < -0.4 is 10.9 Å². The average molecular weight is 304 g/mol. The number of nitrogens with one attached hydrogen (secondary N) is 1. The summed E-state index contributed by atoms with van der Waals surface area (Å²) < 4.78 is 26.2. The molecule has 2 aromatic rings. The minimum absolute atomic E-state index is 0.0245. The first-order valence-electron chi connectivity index (χ1n) is 6.22. The van der Waals surface area contributed by atoms with E-state index >= 15 is 0 Å². The summed E-state index contributed by atoms with van der Waals surface area (Å²) in [7, 11) is 0. The monoisotopic (exact) mass is 304 g/mol. The number of anilines is 1. The van der Waals surface area contributed by atoms with Gasteiger partial charge in [0.05, 0.1) is 16.2 Å². The van der Waals surface area contributed by atoms with E-state index in [0.29, 0.717) is 11.3 Å².